The Kier molecular flexibility index (Phi) is 4.73. The second-order valence-corrected chi connectivity index (χ2v) is 5.64. The van der Waals surface area contributed by atoms with Crippen LogP contribution in [0.25, 0.3) is 0 Å². The third-order valence-corrected chi connectivity index (χ3v) is 4.21. The van der Waals surface area contributed by atoms with E-state index in [1.165, 1.54) is 0 Å². The summed E-state index contributed by atoms with van der Waals surface area (Å²) in [6.07, 6.45) is 0.843. The molecule has 0 bridgehead atoms. The lowest BCUT2D eigenvalue weighted by Gasteiger charge is -2.28. The first-order valence-electron chi connectivity index (χ1n) is 7.37. The number of benzene rings is 1. The molecule has 116 valence electrons. The molecule has 21 heavy (non-hydrogen) atoms. The number of fused-ring (bicyclic) bond motifs is 1. The van der Waals surface area contributed by atoms with Gasteiger partial charge >= 0.3 is 0 Å². The van der Waals surface area contributed by atoms with Crippen molar-refractivity contribution in [3.05, 3.63) is 16.7 Å². The summed E-state index contributed by atoms with van der Waals surface area (Å²) in [5.74, 6) is 2.22. The van der Waals surface area contributed by atoms with Gasteiger partial charge in [-0.1, -0.05) is 11.6 Å². The molecule has 0 aliphatic carbocycles. The Morgan fingerprint density at radius 2 is 2.05 bits per heavy atom. The molecule has 1 aromatic carbocycles. The molecule has 0 atom stereocenters. The van der Waals surface area contributed by atoms with Crippen molar-refractivity contribution in [1.82, 2.24) is 10.2 Å². The third-order valence-electron chi connectivity index (χ3n) is 3.93. The van der Waals surface area contributed by atoms with E-state index in [-0.39, 0.29) is 0 Å². The van der Waals surface area contributed by atoms with Gasteiger partial charge < -0.3 is 24.4 Å². The number of halogens is 1. The quantitative estimate of drug-likeness (QED) is 0.914. The van der Waals surface area contributed by atoms with Crippen LogP contribution < -0.4 is 19.5 Å². The van der Waals surface area contributed by atoms with Crippen molar-refractivity contribution >= 4 is 11.6 Å². The zero-order valence-corrected chi connectivity index (χ0v) is 13.0. The molecule has 5 nitrogen and oxygen atoms in total. The maximum absolute atomic E-state index is 6.30. The van der Waals surface area contributed by atoms with E-state index in [1.807, 2.05) is 0 Å². The Bertz CT molecular complexity index is 504. The molecule has 3 rings (SSSR count). The maximum atomic E-state index is 6.30. The number of ether oxygens (including phenoxy) is 3. The number of nitrogens with one attached hydrogen (secondary N) is 1. The molecule has 0 aromatic heterocycles. The molecule has 0 radical (unpaired) electrons. The molecule has 2 heterocycles. The van der Waals surface area contributed by atoms with E-state index in [4.69, 9.17) is 25.8 Å². The molecular formula is C15H21ClN2O3. The van der Waals surface area contributed by atoms with Crippen molar-refractivity contribution in [2.24, 2.45) is 0 Å². The van der Waals surface area contributed by atoms with Crippen LogP contribution in [0.2, 0.25) is 5.02 Å². The van der Waals surface area contributed by atoms with Crippen LogP contribution in [0, 0.1) is 0 Å². The predicted octanol–water partition coefficient (Wildman–Crippen LogP) is 1.57. The average Bonchev–Trinajstić information content (AvgIpc) is 2.53. The molecule has 0 amide bonds. The van der Waals surface area contributed by atoms with Gasteiger partial charge in [-0.15, -0.1) is 0 Å². The Morgan fingerprint density at radius 3 is 2.81 bits per heavy atom. The second-order valence-electron chi connectivity index (χ2n) is 5.24. The van der Waals surface area contributed by atoms with Crippen molar-refractivity contribution in [3.63, 3.8) is 0 Å². The lowest BCUT2D eigenvalue weighted by molar-refractivity contribution is 0.168. The van der Waals surface area contributed by atoms with Gasteiger partial charge in [0.1, 0.15) is 19.0 Å². The van der Waals surface area contributed by atoms with Gasteiger partial charge in [0, 0.05) is 44.4 Å². The van der Waals surface area contributed by atoms with E-state index >= 15 is 0 Å². The molecule has 1 saturated heterocycles. The van der Waals surface area contributed by atoms with Crippen LogP contribution in [0.1, 0.15) is 5.56 Å². The smallest absolute Gasteiger partial charge is 0.168 e. The minimum absolute atomic E-state index is 0.562. The van der Waals surface area contributed by atoms with Crippen LogP contribution in [-0.2, 0) is 6.42 Å². The molecule has 0 unspecified atom stereocenters. The first-order chi connectivity index (χ1) is 10.3. The molecule has 0 spiro atoms. The second kappa shape index (κ2) is 6.73. The number of hydrogen-bond acceptors (Lipinski definition) is 5. The third kappa shape index (κ3) is 3.20. The van der Waals surface area contributed by atoms with E-state index in [2.05, 4.69) is 10.2 Å². The monoisotopic (exact) mass is 312 g/mol. The van der Waals surface area contributed by atoms with E-state index < -0.39 is 0 Å². The van der Waals surface area contributed by atoms with Gasteiger partial charge in [-0.2, -0.15) is 0 Å². The Morgan fingerprint density at radius 1 is 1.29 bits per heavy atom. The maximum Gasteiger partial charge on any atom is 0.168 e. The zero-order valence-electron chi connectivity index (χ0n) is 12.3. The van der Waals surface area contributed by atoms with Crippen molar-refractivity contribution < 1.29 is 14.2 Å². The summed E-state index contributed by atoms with van der Waals surface area (Å²) in [6, 6.07) is 1.78. The summed E-state index contributed by atoms with van der Waals surface area (Å²) < 4.78 is 16.9. The van der Waals surface area contributed by atoms with Crippen molar-refractivity contribution in [3.8, 4) is 17.2 Å². The van der Waals surface area contributed by atoms with Gasteiger partial charge in [-0.25, -0.2) is 0 Å². The van der Waals surface area contributed by atoms with E-state index in [9.17, 15) is 0 Å². The van der Waals surface area contributed by atoms with Gasteiger partial charge in [0.05, 0.1) is 12.1 Å². The standard InChI is InChI=1S/C15H21ClN2O3/c1-19-14-11(2-5-18-6-3-17-4-7-18)15-13(10-12(14)16)20-8-9-21-15/h10,17H,2-9H2,1H3. The van der Waals surface area contributed by atoms with Crippen molar-refractivity contribution in [2.75, 3.05) is 53.0 Å². The van der Waals surface area contributed by atoms with Crippen molar-refractivity contribution in [2.45, 2.75) is 6.42 Å². The van der Waals surface area contributed by atoms with E-state index in [0.717, 1.165) is 56.2 Å². The topological polar surface area (TPSA) is 43.0 Å². The average molecular weight is 313 g/mol. The molecule has 1 aromatic rings. The minimum Gasteiger partial charge on any atom is -0.495 e. The SMILES string of the molecule is COc1c(Cl)cc2c(c1CCN1CCNCC1)OCCO2. The first-order valence-corrected chi connectivity index (χ1v) is 7.75. The predicted molar refractivity (Wildman–Crippen MR) is 82.0 cm³/mol. The molecule has 1 fully saturated rings. The lowest BCUT2D eigenvalue weighted by Crippen LogP contribution is -2.44. The molecule has 6 heteroatoms. The summed E-state index contributed by atoms with van der Waals surface area (Å²) in [7, 11) is 1.64. The summed E-state index contributed by atoms with van der Waals surface area (Å²) in [6.45, 7) is 6.33. The van der Waals surface area contributed by atoms with Gasteiger partial charge in [-0.05, 0) is 6.42 Å². The molecule has 2 aliphatic heterocycles. The molecule has 2 aliphatic rings. The van der Waals surface area contributed by atoms with Crippen LogP contribution in [0.15, 0.2) is 6.07 Å². The van der Waals surface area contributed by atoms with Crippen LogP contribution in [0.5, 0.6) is 17.2 Å². The highest BCUT2D eigenvalue weighted by Crippen LogP contribution is 2.44. The largest absolute Gasteiger partial charge is 0.495 e. The number of nitrogens with zero attached hydrogens (tertiary/aromatic N) is 1. The Hall–Kier alpha value is -1.17. The fourth-order valence-electron chi connectivity index (χ4n) is 2.86. The summed E-state index contributed by atoms with van der Waals surface area (Å²) >= 11 is 6.30. The van der Waals surface area contributed by atoms with Crippen LogP contribution >= 0.6 is 11.6 Å². The van der Waals surface area contributed by atoms with Crippen LogP contribution in [0.3, 0.4) is 0 Å². The fourth-order valence-corrected chi connectivity index (χ4v) is 3.15. The van der Waals surface area contributed by atoms with E-state index in [1.54, 1.807) is 13.2 Å². The Balaban J connectivity index is 1.82. The molecule has 0 saturated carbocycles. The van der Waals surface area contributed by atoms with Gasteiger partial charge in [0.15, 0.2) is 11.5 Å². The number of piperazine rings is 1. The summed E-state index contributed by atoms with van der Waals surface area (Å²) in [5.41, 5.74) is 1.01. The lowest BCUT2D eigenvalue weighted by atomic mass is 10.1. The fraction of sp³-hybridized carbons (Fsp3) is 0.600. The summed E-state index contributed by atoms with van der Waals surface area (Å²) in [5, 5.41) is 3.94. The zero-order chi connectivity index (χ0) is 14.7. The van der Waals surface area contributed by atoms with Crippen molar-refractivity contribution in [1.29, 1.82) is 0 Å². The highest BCUT2D eigenvalue weighted by molar-refractivity contribution is 6.32. The molecule has 1 N–H and O–H groups in total. The van der Waals surface area contributed by atoms with Crippen LogP contribution in [0.4, 0.5) is 0 Å². The summed E-state index contributed by atoms with van der Waals surface area (Å²) in [4.78, 5) is 2.44. The Labute approximate surface area is 130 Å². The normalized spacial score (nSPS) is 18.6. The highest BCUT2D eigenvalue weighted by Gasteiger charge is 2.23. The van der Waals surface area contributed by atoms with Gasteiger partial charge in [0.25, 0.3) is 0 Å². The number of rotatable bonds is 4. The van der Waals surface area contributed by atoms with Gasteiger partial charge in [-0.3, -0.25) is 0 Å². The first kappa shape index (κ1) is 14.8. The highest BCUT2D eigenvalue weighted by atomic mass is 35.5. The molecular weight excluding hydrogens is 292 g/mol. The van der Waals surface area contributed by atoms with Crippen LogP contribution in [-0.4, -0.2) is 57.9 Å². The van der Waals surface area contributed by atoms with Gasteiger partial charge in [0.2, 0.25) is 0 Å². The van der Waals surface area contributed by atoms with E-state index in [0.29, 0.717) is 24.0 Å². The minimum atomic E-state index is 0.562. The number of hydrogen-bond donors (Lipinski definition) is 1. The number of methoxy groups -OCH3 is 1.